The highest BCUT2D eigenvalue weighted by Gasteiger charge is 2.23. The maximum absolute atomic E-state index is 9.81. The third kappa shape index (κ3) is 1.74. The van der Waals surface area contributed by atoms with Crippen LogP contribution >= 0.6 is 0 Å². The minimum Gasteiger partial charge on any atom is -0.477 e. The van der Waals surface area contributed by atoms with Gasteiger partial charge in [-0.2, -0.15) is 5.26 Å². The molecule has 2 rings (SSSR count). The fraction of sp³-hybridized carbons (Fsp3) is 0.500. The van der Waals surface area contributed by atoms with Gasteiger partial charge < -0.3 is 9.84 Å². The largest absolute Gasteiger partial charge is 0.477 e. The molecule has 0 aliphatic heterocycles. The predicted molar refractivity (Wildman–Crippen MR) is 58.0 cm³/mol. The second-order valence-corrected chi connectivity index (χ2v) is 3.83. The first kappa shape index (κ1) is 10.9. The van der Waals surface area contributed by atoms with Crippen LogP contribution in [0.2, 0.25) is 0 Å². The molecule has 1 unspecified atom stereocenters. The summed E-state index contributed by atoms with van der Waals surface area (Å²) in [5.74, 6) is 0.387. The molecule has 0 amide bonds. The van der Waals surface area contributed by atoms with E-state index < -0.39 is 6.10 Å². The number of hydrogen-bond donors (Lipinski definition) is 1. The van der Waals surface area contributed by atoms with Crippen LogP contribution in [0.4, 0.5) is 0 Å². The quantitative estimate of drug-likeness (QED) is 0.820. The SMILES string of the molecule is CCOc1ncc2c(c1C#N)CCCC2O. The van der Waals surface area contributed by atoms with Crippen molar-refractivity contribution in [1.29, 1.82) is 5.26 Å². The lowest BCUT2D eigenvalue weighted by atomic mass is 9.88. The first-order chi connectivity index (χ1) is 7.77. The lowest BCUT2D eigenvalue weighted by molar-refractivity contribution is 0.155. The standard InChI is InChI=1S/C12H14N2O2/c1-2-16-12-9(6-13)8-4-3-5-11(15)10(8)7-14-12/h7,11,15H,2-5H2,1H3. The van der Waals surface area contributed by atoms with Gasteiger partial charge in [0, 0.05) is 11.8 Å². The Morgan fingerprint density at radius 3 is 3.19 bits per heavy atom. The number of aliphatic hydroxyl groups excluding tert-OH is 1. The monoisotopic (exact) mass is 218 g/mol. The van der Waals surface area contributed by atoms with Gasteiger partial charge in [0.05, 0.1) is 12.7 Å². The van der Waals surface area contributed by atoms with Crippen LogP contribution in [-0.2, 0) is 6.42 Å². The van der Waals surface area contributed by atoms with Crippen molar-refractivity contribution in [2.24, 2.45) is 0 Å². The van der Waals surface area contributed by atoms with Crippen LogP contribution in [0.3, 0.4) is 0 Å². The Morgan fingerprint density at radius 2 is 2.50 bits per heavy atom. The van der Waals surface area contributed by atoms with Crippen LogP contribution < -0.4 is 4.74 Å². The summed E-state index contributed by atoms with van der Waals surface area (Å²) in [4.78, 5) is 4.10. The highest BCUT2D eigenvalue weighted by Crippen LogP contribution is 2.33. The number of aliphatic hydroxyl groups is 1. The summed E-state index contributed by atoms with van der Waals surface area (Å²) < 4.78 is 5.31. The number of fused-ring (bicyclic) bond motifs is 1. The molecule has 0 bridgehead atoms. The van der Waals surface area contributed by atoms with Crippen LogP contribution in [0.1, 0.15) is 42.6 Å². The Kier molecular flexibility index (Phi) is 3.07. The number of nitriles is 1. The minimum absolute atomic E-state index is 0.387. The van der Waals surface area contributed by atoms with Crippen molar-refractivity contribution >= 4 is 0 Å². The zero-order valence-electron chi connectivity index (χ0n) is 9.23. The fourth-order valence-electron chi connectivity index (χ4n) is 2.09. The number of rotatable bonds is 2. The summed E-state index contributed by atoms with van der Waals surface area (Å²) in [6.07, 6.45) is 3.61. The maximum Gasteiger partial charge on any atom is 0.231 e. The zero-order valence-corrected chi connectivity index (χ0v) is 9.23. The van der Waals surface area contributed by atoms with E-state index in [1.165, 1.54) is 0 Å². The molecular weight excluding hydrogens is 204 g/mol. The molecule has 0 saturated heterocycles. The lowest BCUT2D eigenvalue weighted by Crippen LogP contribution is -2.13. The molecule has 0 spiro atoms. The van der Waals surface area contributed by atoms with Crippen molar-refractivity contribution in [3.8, 4) is 11.9 Å². The van der Waals surface area contributed by atoms with E-state index in [1.54, 1.807) is 6.20 Å². The number of pyridine rings is 1. The fourth-order valence-corrected chi connectivity index (χ4v) is 2.09. The molecule has 0 aromatic carbocycles. The normalized spacial score (nSPS) is 18.7. The summed E-state index contributed by atoms with van der Waals surface area (Å²) in [7, 11) is 0. The minimum atomic E-state index is -0.487. The van der Waals surface area contributed by atoms with E-state index in [9.17, 15) is 5.11 Å². The Balaban J connectivity index is 2.52. The second kappa shape index (κ2) is 4.50. The van der Waals surface area contributed by atoms with Gasteiger partial charge in [0.15, 0.2) is 0 Å². The number of aromatic nitrogens is 1. The molecule has 4 heteroatoms. The van der Waals surface area contributed by atoms with Crippen molar-refractivity contribution in [3.05, 3.63) is 22.9 Å². The second-order valence-electron chi connectivity index (χ2n) is 3.83. The summed E-state index contributed by atoms with van der Waals surface area (Å²) in [6.45, 7) is 2.35. The molecule has 1 N–H and O–H groups in total. The third-order valence-electron chi connectivity index (χ3n) is 2.84. The summed E-state index contributed by atoms with van der Waals surface area (Å²) in [5.41, 5.74) is 2.17. The predicted octanol–water partition coefficient (Wildman–Crippen LogP) is 1.72. The number of ether oxygens (including phenoxy) is 1. The molecule has 0 saturated carbocycles. The van der Waals surface area contributed by atoms with Gasteiger partial charge in [0.1, 0.15) is 11.6 Å². The van der Waals surface area contributed by atoms with Crippen LogP contribution in [0.15, 0.2) is 6.20 Å². The van der Waals surface area contributed by atoms with Gasteiger partial charge in [-0.3, -0.25) is 0 Å². The number of hydrogen-bond acceptors (Lipinski definition) is 4. The van der Waals surface area contributed by atoms with E-state index in [0.29, 0.717) is 18.1 Å². The highest BCUT2D eigenvalue weighted by molar-refractivity contribution is 5.49. The molecule has 1 aliphatic rings. The zero-order chi connectivity index (χ0) is 11.5. The van der Waals surface area contributed by atoms with E-state index in [1.807, 2.05) is 6.92 Å². The maximum atomic E-state index is 9.81. The third-order valence-corrected chi connectivity index (χ3v) is 2.84. The van der Waals surface area contributed by atoms with Crippen molar-refractivity contribution in [3.63, 3.8) is 0 Å². The van der Waals surface area contributed by atoms with Crippen molar-refractivity contribution in [1.82, 2.24) is 4.98 Å². The Morgan fingerprint density at radius 1 is 1.69 bits per heavy atom. The average Bonchev–Trinajstić information content (AvgIpc) is 2.29. The smallest absolute Gasteiger partial charge is 0.231 e. The lowest BCUT2D eigenvalue weighted by Gasteiger charge is -2.22. The molecule has 1 aromatic heterocycles. The average molecular weight is 218 g/mol. The van der Waals surface area contributed by atoms with E-state index in [-0.39, 0.29) is 0 Å². The summed E-state index contributed by atoms with van der Waals surface area (Å²) >= 11 is 0. The van der Waals surface area contributed by atoms with Gasteiger partial charge in [-0.25, -0.2) is 4.98 Å². The van der Waals surface area contributed by atoms with Gasteiger partial charge in [0.25, 0.3) is 0 Å². The first-order valence-corrected chi connectivity index (χ1v) is 5.50. The molecule has 1 atom stereocenters. The van der Waals surface area contributed by atoms with Crippen molar-refractivity contribution < 1.29 is 9.84 Å². The molecule has 16 heavy (non-hydrogen) atoms. The van der Waals surface area contributed by atoms with E-state index in [2.05, 4.69) is 11.1 Å². The topological polar surface area (TPSA) is 66.1 Å². The molecule has 0 fully saturated rings. The molecule has 0 radical (unpaired) electrons. The van der Waals surface area contributed by atoms with E-state index in [0.717, 1.165) is 30.4 Å². The van der Waals surface area contributed by atoms with Crippen molar-refractivity contribution in [2.45, 2.75) is 32.3 Å². The Bertz CT molecular complexity index is 437. The molecular formula is C12H14N2O2. The van der Waals surface area contributed by atoms with Gasteiger partial charge in [0.2, 0.25) is 5.88 Å². The molecule has 1 aromatic rings. The molecule has 1 aliphatic carbocycles. The van der Waals surface area contributed by atoms with Gasteiger partial charge in [-0.1, -0.05) is 0 Å². The first-order valence-electron chi connectivity index (χ1n) is 5.50. The Labute approximate surface area is 94.5 Å². The van der Waals surface area contributed by atoms with Crippen LogP contribution in [0.25, 0.3) is 0 Å². The van der Waals surface area contributed by atoms with Crippen LogP contribution in [0, 0.1) is 11.3 Å². The highest BCUT2D eigenvalue weighted by atomic mass is 16.5. The Hall–Kier alpha value is -1.60. The van der Waals surface area contributed by atoms with Crippen molar-refractivity contribution in [2.75, 3.05) is 6.61 Å². The van der Waals surface area contributed by atoms with Crippen LogP contribution in [-0.4, -0.2) is 16.7 Å². The van der Waals surface area contributed by atoms with E-state index >= 15 is 0 Å². The molecule has 4 nitrogen and oxygen atoms in total. The van der Waals surface area contributed by atoms with Gasteiger partial charge >= 0.3 is 0 Å². The molecule has 1 heterocycles. The number of nitrogens with zero attached hydrogens (tertiary/aromatic N) is 2. The van der Waals surface area contributed by atoms with E-state index in [4.69, 9.17) is 10.00 Å². The summed E-state index contributed by atoms with van der Waals surface area (Å²) in [6, 6.07) is 2.13. The van der Waals surface area contributed by atoms with Gasteiger partial charge in [-0.05, 0) is 31.7 Å². The van der Waals surface area contributed by atoms with Crippen LogP contribution in [0.5, 0.6) is 5.88 Å². The molecule has 84 valence electrons. The summed E-state index contributed by atoms with van der Waals surface area (Å²) in [5, 5.41) is 18.9. The van der Waals surface area contributed by atoms with Gasteiger partial charge in [-0.15, -0.1) is 0 Å².